The van der Waals surface area contributed by atoms with E-state index >= 15 is 0 Å². The van der Waals surface area contributed by atoms with Gasteiger partial charge in [-0.3, -0.25) is 4.79 Å². The zero-order chi connectivity index (χ0) is 19.8. The first-order valence-electron chi connectivity index (χ1n) is 9.45. The van der Waals surface area contributed by atoms with Gasteiger partial charge in [0.15, 0.2) is 0 Å². The van der Waals surface area contributed by atoms with E-state index in [0.717, 1.165) is 30.0 Å². The number of hydrogen-bond acceptors (Lipinski definition) is 5. The minimum absolute atomic E-state index is 0.263. The van der Waals surface area contributed by atoms with E-state index in [-0.39, 0.29) is 5.91 Å². The van der Waals surface area contributed by atoms with Crippen molar-refractivity contribution < 1.29 is 4.79 Å². The fraction of sp³-hybridized carbons (Fsp3) is 0.227. The van der Waals surface area contributed by atoms with Crippen molar-refractivity contribution in [1.29, 1.82) is 0 Å². The first-order valence-corrected chi connectivity index (χ1v) is 9.45. The molecule has 0 aliphatic rings. The van der Waals surface area contributed by atoms with Crippen LogP contribution in [-0.2, 0) is 6.54 Å². The molecule has 0 fully saturated rings. The molecule has 0 saturated carbocycles. The summed E-state index contributed by atoms with van der Waals surface area (Å²) in [6, 6.07) is 19.5. The van der Waals surface area contributed by atoms with Crippen LogP contribution < -0.4 is 15.5 Å². The lowest BCUT2D eigenvalue weighted by Gasteiger charge is -2.21. The molecule has 3 aromatic rings. The summed E-state index contributed by atoms with van der Waals surface area (Å²) in [5.41, 5.74) is 3.33. The Morgan fingerprint density at radius 2 is 1.68 bits per heavy atom. The van der Waals surface area contributed by atoms with Gasteiger partial charge in [-0.2, -0.15) is 0 Å². The summed E-state index contributed by atoms with van der Waals surface area (Å²) in [4.78, 5) is 23.1. The molecule has 0 bridgehead atoms. The maximum absolute atomic E-state index is 12.5. The molecule has 1 heterocycles. The van der Waals surface area contributed by atoms with Crippen LogP contribution in [0.3, 0.4) is 0 Å². The zero-order valence-electron chi connectivity index (χ0n) is 16.2. The Labute approximate surface area is 165 Å². The molecule has 6 nitrogen and oxygen atoms in total. The standard InChI is InChI=1S/C22H25N5O/c1-3-27(4-2)19-12-10-18(11-13-19)26-22(28)20-14-21(25-16-24-20)23-15-17-8-6-5-7-9-17/h5-14,16H,3-4,15H2,1-2H3,(H,26,28)(H,23,24,25). The summed E-state index contributed by atoms with van der Waals surface area (Å²) in [6.07, 6.45) is 1.39. The number of anilines is 3. The van der Waals surface area contributed by atoms with Crippen LogP contribution in [0.1, 0.15) is 29.9 Å². The van der Waals surface area contributed by atoms with E-state index in [9.17, 15) is 4.79 Å². The van der Waals surface area contributed by atoms with Gasteiger partial charge in [0, 0.05) is 37.1 Å². The highest BCUT2D eigenvalue weighted by molar-refractivity contribution is 6.03. The highest BCUT2D eigenvalue weighted by atomic mass is 16.1. The molecule has 1 aromatic heterocycles. The number of carbonyl (C=O) groups is 1. The third-order valence-electron chi connectivity index (χ3n) is 4.47. The van der Waals surface area contributed by atoms with Crippen LogP contribution >= 0.6 is 0 Å². The predicted molar refractivity (Wildman–Crippen MR) is 114 cm³/mol. The third kappa shape index (κ3) is 5.07. The largest absolute Gasteiger partial charge is 0.372 e. The lowest BCUT2D eigenvalue weighted by molar-refractivity contribution is 0.102. The van der Waals surface area contributed by atoms with E-state index < -0.39 is 0 Å². The number of rotatable bonds is 8. The fourth-order valence-corrected chi connectivity index (χ4v) is 2.91. The molecule has 0 saturated heterocycles. The Bertz CT molecular complexity index is 892. The van der Waals surface area contributed by atoms with Gasteiger partial charge >= 0.3 is 0 Å². The quantitative estimate of drug-likeness (QED) is 0.618. The van der Waals surface area contributed by atoms with Crippen molar-refractivity contribution in [2.75, 3.05) is 28.6 Å². The van der Waals surface area contributed by atoms with Crippen LogP contribution in [0, 0.1) is 0 Å². The molecule has 0 radical (unpaired) electrons. The number of benzene rings is 2. The summed E-state index contributed by atoms with van der Waals surface area (Å²) >= 11 is 0. The van der Waals surface area contributed by atoms with Gasteiger partial charge < -0.3 is 15.5 Å². The van der Waals surface area contributed by atoms with E-state index in [1.54, 1.807) is 6.07 Å². The number of nitrogens with zero attached hydrogens (tertiary/aromatic N) is 3. The minimum atomic E-state index is -0.263. The zero-order valence-corrected chi connectivity index (χ0v) is 16.2. The summed E-state index contributed by atoms with van der Waals surface area (Å²) < 4.78 is 0. The normalized spacial score (nSPS) is 10.4. The van der Waals surface area contributed by atoms with Gasteiger partial charge in [-0.05, 0) is 43.7 Å². The SMILES string of the molecule is CCN(CC)c1ccc(NC(=O)c2cc(NCc3ccccc3)ncn2)cc1. The van der Waals surface area contributed by atoms with Gasteiger partial charge in [0.2, 0.25) is 0 Å². The van der Waals surface area contributed by atoms with Crippen molar-refractivity contribution in [2.24, 2.45) is 0 Å². The summed E-state index contributed by atoms with van der Waals surface area (Å²) in [5, 5.41) is 6.10. The first-order chi connectivity index (χ1) is 13.7. The Balaban J connectivity index is 1.62. The second kappa shape index (κ2) is 9.50. The molecule has 0 spiro atoms. The van der Waals surface area contributed by atoms with Crippen LogP contribution in [0.4, 0.5) is 17.2 Å². The maximum Gasteiger partial charge on any atom is 0.274 e. The van der Waals surface area contributed by atoms with E-state index in [0.29, 0.717) is 18.1 Å². The van der Waals surface area contributed by atoms with Gasteiger partial charge in [0.05, 0.1) is 0 Å². The lowest BCUT2D eigenvalue weighted by Crippen LogP contribution is -2.21. The molecule has 144 valence electrons. The molecule has 28 heavy (non-hydrogen) atoms. The predicted octanol–water partition coefficient (Wildman–Crippen LogP) is 4.19. The van der Waals surface area contributed by atoms with E-state index in [4.69, 9.17) is 0 Å². The molecule has 1 amide bonds. The Kier molecular flexibility index (Phi) is 6.57. The van der Waals surface area contributed by atoms with Crippen molar-refractivity contribution in [3.05, 3.63) is 78.2 Å². The molecule has 2 N–H and O–H groups in total. The lowest BCUT2D eigenvalue weighted by atomic mass is 10.2. The van der Waals surface area contributed by atoms with E-state index in [2.05, 4.69) is 39.3 Å². The molecular formula is C22H25N5O. The van der Waals surface area contributed by atoms with Crippen molar-refractivity contribution in [3.8, 4) is 0 Å². The summed E-state index contributed by atoms with van der Waals surface area (Å²) in [7, 11) is 0. The van der Waals surface area contributed by atoms with Crippen LogP contribution in [-0.4, -0.2) is 29.0 Å². The van der Waals surface area contributed by atoms with Gasteiger partial charge in [0.1, 0.15) is 17.8 Å². The van der Waals surface area contributed by atoms with E-state index in [1.807, 2.05) is 54.6 Å². The minimum Gasteiger partial charge on any atom is -0.372 e. The average molecular weight is 375 g/mol. The molecule has 3 rings (SSSR count). The Morgan fingerprint density at radius 3 is 2.36 bits per heavy atom. The van der Waals surface area contributed by atoms with Crippen molar-refractivity contribution in [3.63, 3.8) is 0 Å². The van der Waals surface area contributed by atoms with Crippen LogP contribution in [0.5, 0.6) is 0 Å². The highest BCUT2D eigenvalue weighted by Gasteiger charge is 2.10. The number of aromatic nitrogens is 2. The summed E-state index contributed by atoms with van der Waals surface area (Å²) in [5.74, 6) is 0.349. The van der Waals surface area contributed by atoms with Gasteiger partial charge in [-0.1, -0.05) is 30.3 Å². The monoisotopic (exact) mass is 375 g/mol. The smallest absolute Gasteiger partial charge is 0.274 e. The Morgan fingerprint density at radius 1 is 0.964 bits per heavy atom. The van der Waals surface area contributed by atoms with Crippen molar-refractivity contribution in [2.45, 2.75) is 20.4 Å². The second-order valence-electron chi connectivity index (χ2n) is 6.30. The average Bonchev–Trinajstić information content (AvgIpc) is 2.75. The number of amides is 1. The molecule has 0 aliphatic carbocycles. The molecular weight excluding hydrogens is 350 g/mol. The molecule has 2 aromatic carbocycles. The summed E-state index contributed by atoms with van der Waals surface area (Å²) in [6.45, 7) is 6.77. The topological polar surface area (TPSA) is 70.2 Å². The molecule has 0 unspecified atom stereocenters. The van der Waals surface area contributed by atoms with Crippen LogP contribution in [0.15, 0.2) is 67.0 Å². The number of carbonyl (C=O) groups excluding carboxylic acids is 1. The van der Waals surface area contributed by atoms with Crippen molar-refractivity contribution >= 4 is 23.1 Å². The molecule has 0 atom stereocenters. The molecule has 0 aliphatic heterocycles. The van der Waals surface area contributed by atoms with Crippen LogP contribution in [0.25, 0.3) is 0 Å². The third-order valence-corrected chi connectivity index (χ3v) is 4.47. The number of hydrogen-bond donors (Lipinski definition) is 2. The maximum atomic E-state index is 12.5. The molecule has 6 heteroatoms. The van der Waals surface area contributed by atoms with Crippen molar-refractivity contribution in [1.82, 2.24) is 9.97 Å². The first kappa shape index (κ1) is 19.4. The highest BCUT2D eigenvalue weighted by Crippen LogP contribution is 2.18. The fourth-order valence-electron chi connectivity index (χ4n) is 2.91. The van der Waals surface area contributed by atoms with Gasteiger partial charge in [0.25, 0.3) is 5.91 Å². The second-order valence-corrected chi connectivity index (χ2v) is 6.30. The van der Waals surface area contributed by atoms with Gasteiger partial charge in [-0.25, -0.2) is 9.97 Å². The van der Waals surface area contributed by atoms with E-state index in [1.165, 1.54) is 6.33 Å². The number of nitrogens with one attached hydrogen (secondary N) is 2. The van der Waals surface area contributed by atoms with Crippen LogP contribution in [0.2, 0.25) is 0 Å². The van der Waals surface area contributed by atoms with Gasteiger partial charge in [-0.15, -0.1) is 0 Å². The Hall–Kier alpha value is -3.41.